The molecule has 0 amide bonds. The minimum absolute atomic E-state index is 0.278. The van der Waals surface area contributed by atoms with Crippen LogP contribution in [0, 0.1) is 6.92 Å². The number of carboxylic acids is 1. The van der Waals surface area contributed by atoms with Gasteiger partial charge in [-0.3, -0.25) is 0 Å². The minimum Gasteiger partial charge on any atom is -0.477 e. The molecular formula is C13H16N2O4S2. The Morgan fingerprint density at radius 3 is 2.95 bits per heavy atom. The zero-order valence-corrected chi connectivity index (χ0v) is 13.3. The van der Waals surface area contributed by atoms with Crippen molar-refractivity contribution in [1.82, 2.24) is 9.97 Å². The fraction of sp³-hybridized carbons (Fsp3) is 0.462. The summed E-state index contributed by atoms with van der Waals surface area (Å²) < 4.78 is 5.16. The number of carboxylic acid groups (broad SMARTS) is 1. The number of thiophene rings is 1. The second-order valence-corrected chi connectivity index (χ2v) is 6.35. The maximum Gasteiger partial charge on any atom is 0.346 e. The standard InChI is InChI=1S/C13H16N2O4S2/c1-3-19-4-8(16)5-20-11-9-7(2)10(13(17)18)21-12(9)15-6-14-11/h6,8,16H,3-5H2,1-2H3,(H,17,18). The van der Waals surface area contributed by atoms with Crippen LogP contribution in [-0.2, 0) is 4.74 Å². The predicted molar refractivity (Wildman–Crippen MR) is 82.3 cm³/mol. The second kappa shape index (κ2) is 7.17. The van der Waals surface area contributed by atoms with E-state index >= 15 is 0 Å². The van der Waals surface area contributed by atoms with Crippen molar-refractivity contribution in [2.24, 2.45) is 0 Å². The highest BCUT2D eigenvalue weighted by atomic mass is 32.2. The van der Waals surface area contributed by atoms with Crippen LogP contribution in [0.5, 0.6) is 0 Å². The highest BCUT2D eigenvalue weighted by Gasteiger charge is 2.19. The van der Waals surface area contributed by atoms with Crippen LogP contribution < -0.4 is 0 Å². The number of aliphatic hydroxyl groups is 1. The van der Waals surface area contributed by atoms with E-state index in [4.69, 9.17) is 4.74 Å². The van der Waals surface area contributed by atoms with E-state index in [1.165, 1.54) is 18.1 Å². The third-order valence-corrected chi connectivity index (χ3v) is 5.14. The maximum absolute atomic E-state index is 11.2. The van der Waals surface area contributed by atoms with Gasteiger partial charge in [-0.25, -0.2) is 14.8 Å². The molecule has 2 N–H and O–H groups in total. The molecule has 114 valence electrons. The van der Waals surface area contributed by atoms with Gasteiger partial charge in [0.25, 0.3) is 0 Å². The van der Waals surface area contributed by atoms with E-state index in [0.29, 0.717) is 27.8 Å². The molecule has 0 bridgehead atoms. The molecule has 2 aromatic heterocycles. The third-order valence-electron chi connectivity index (χ3n) is 2.81. The second-order valence-electron chi connectivity index (χ2n) is 4.34. The lowest BCUT2D eigenvalue weighted by atomic mass is 10.2. The average molecular weight is 328 g/mol. The van der Waals surface area contributed by atoms with Crippen LogP contribution in [0.25, 0.3) is 10.2 Å². The number of thioether (sulfide) groups is 1. The van der Waals surface area contributed by atoms with Gasteiger partial charge in [-0.1, -0.05) is 0 Å². The summed E-state index contributed by atoms with van der Waals surface area (Å²) in [6.07, 6.45) is 0.832. The Hall–Kier alpha value is -1.22. The molecule has 2 heterocycles. The fourth-order valence-electron chi connectivity index (χ4n) is 1.83. The van der Waals surface area contributed by atoms with E-state index in [2.05, 4.69) is 9.97 Å². The number of aryl methyl sites for hydroxylation is 1. The number of carbonyl (C=O) groups is 1. The molecule has 21 heavy (non-hydrogen) atoms. The number of fused-ring (bicyclic) bond motifs is 1. The molecule has 0 aliphatic carbocycles. The molecule has 1 atom stereocenters. The van der Waals surface area contributed by atoms with E-state index in [9.17, 15) is 15.0 Å². The summed E-state index contributed by atoms with van der Waals surface area (Å²) in [6.45, 7) is 4.47. The Labute approximate surface area is 130 Å². The lowest BCUT2D eigenvalue weighted by molar-refractivity contribution is 0.0551. The van der Waals surface area contributed by atoms with Crippen molar-refractivity contribution in [3.8, 4) is 0 Å². The van der Waals surface area contributed by atoms with Gasteiger partial charge in [0, 0.05) is 17.7 Å². The molecule has 0 fully saturated rings. The van der Waals surface area contributed by atoms with Gasteiger partial charge in [0.2, 0.25) is 0 Å². The Bertz CT molecular complexity index is 644. The lowest BCUT2D eigenvalue weighted by Gasteiger charge is -2.10. The van der Waals surface area contributed by atoms with Gasteiger partial charge in [0.1, 0.15) is 21.1 Å². The summed E-state index contributed by atoms with van der Waals surface area (Å²) in [5.41, 5.74) is 0.671. The molecule has 0 aliphatic rings. The molecule has 0 radical (unpaired) electrons. The largest absolute Gasteiger partial charge is 0.477 e. The Balaban J connectivity index is 2.22. The van der Waals surface area contributed by atoms with Crippen molar-refractivity contribution in [2.45, 2.75) is 25.0 Å². The molecule has 0 aromatic carbocycles. The SMILES string of the molecule is CCOCC(O)CSc1ncnc2sc(C(=O)O)c(C)c12. The first-order valence-electron chi connectivity index (χ1n) is 6.40. The topological polar surface area (TPSA) is 92.5 Å². The van der Waals surface area contributed by atoms with Gasteiger partial charge in [-0.2, -0.15) is 0 Å². The monoisotopic (exact) mass is 328 g/mol. The van der Waals surface area contributed by atoms with E-state index in [1.807, 2.05) is 6.92 Å². The first-order valence-corrected chi connectivity index (χ1v) is 8.20. The van der Waals surface area contributed by atoms with Gasteiger partial charge in [-0.05, 0) is 19.4 Å². The quantitative estimate of drug-likeness (QED) is 0.594. The average Bonchev–Trinajstić information content (AvgIpc) is 2.81. The van der Waals surface area contributed by atoms with Crippen LogP contribution in [0.2, 0.25) is 0 Å². The summed E-state index contributed by atoms with van der Waals surface area (Å²) in [7, 11) is 0. The van der Waals surface area contributed by atoms with Crippen LogP contribution in [0.1, 0.15) is 22.2 Å². The number of aromatic nitrogens is 2. The first kappa shape index (κ1) is 16.2. The zero-order valence-electron chi connectivity index (χ0n) is 11.7. The Morgan fingerprint density at radius 2 is 2.29 bits per heavy atom. The van der Waals surface area contributed by atoms with Crippen LogP contribution >= 0.6 is 23.1 Å². The van der Waals surface area contributed by atoms with Crippen molar-refractivity contribution in [3.63, 3.8) is 0 Å². The Morgan fingerprint density at radius 1 is 1.52 bits per heavy atom. The highest BCUT2D eigenvalue weighted by Crippen LogP contribution is 2.35. The predicted octanol–water partition coefficient (Wildman–Crippen LogP) is 2.19. The fourth-order valence-corrected chi connectivity index (χ4v) is 3.84. The number of hydrogen-bond acceptors (Lipinski definition) is 7. The number of rotatable bonds is 7. The van der Waals surface area contributed by atoms with Gasteiger partial charge in [-0.15, -0.1) is 23.1 Å². The van der Waals surface area contributed by atoms with Gasteiger partial charge in [0.15, 0.2) is 0 Å². The summed E-state index contributed by atoms with van der Waals surface area (Å²) in [4.78, 5) is 20.5. The summed E-state index contributed by atoms with van der Waals surface area (Å²) in [6, 6.07) is 0. The highest BCUT2D eigenvalue weighted by molar-refractivity contribution is 7.99. The smallest absolute Gasteiger partial charge is 0.346 e. The number of ether oxygens (including phenoxy) is 1. The van der Waals surface area contributed by atoms with Crippen molar-refractivity contribution in [3.05, 3.63) is 16.8 Å². The van der Waals surface area contributed by atoms with Gasteiger partial charge < -0.3 is 14.9 Å². The molecule has 6 nitrogen and oxygen atoms in total. The van der Waals surface area contributed by atoms with E-state index in [1.54, 1.807) is 6.92 Å². The number of hydrogen-bond donors (Lipinski definition) is 2. The summed E-state index contributed by atoms with van der Waals surface area (Å²) in [5, 5.41) is 20.4. The molecule has 0 saturated carbocycles. The van der Waals surface area contributed by atoms with Crippen LogP contribution in [-0.4, -0.2) is 51.2 Å². The molecule has 1 unspecified atom stereocenters. The normalized spacial score (nSPS) is 12.7. The molecule has 0 saturated heterocycles. The minimum atomic E-state index is -0.956. The van der Waals surface area contributed by atoms with Crippen LogP contribution in [0.15, 0.2) is 11.4 Å². The molecule has 2 rings (SSSR count). The molecular weight excluding hydrogens is 312 g/mol. The third kappa shape index (κ3) is 3.70. The Kier molecular flexibility index (Phi) is 5.51. The van der Waals surface area contributed by atoms with Crippen molar-refractivity contribution in [1.29, 1.82) is 0 Å². The molecule has 2 aromatic rings. The van der Waals surface area contributed by atoms with Crippen molar-refractivity contribution < 1.29 is 19.7 Å². The maximum atomic E-state index is 11.2. The van der Waals surface area contributed by atoms with Gasteiger partial charge >= 0.3 is 5.97 Å². The van der Waals surface area contributed by atoms with E-state index in [0.717, 1.165) is 16.7 Å². The van der Waals surface area contributed by atoms with E-state index in [-0.39, 0.29) is 11.5 Å². The van der Waals surface area contributed by atoms with Crippen molar-refractivity contribution >= 4 is 39.3 Å². The zero-order chi connectivity index (χ0) is 15.4. The van der Waals surface area contributed by atoms with Gasteiger partial charge in [0.05, 0.1) is 12.7 Å². The number of aliphatic hydroxyl groups excluding tert-OH is 1. The van der Waals surface area contributed by atoms with Crippen molar-refractivity contribution in [2.75, 3.05) is 19.0 Å². The summed E-state index contributed by atoms with van der Waals surface area (Å²) in [5.74, 6) is -0.521. The molecule has 0 spiro atoms. The van der Waals surface area contributed by atoms with Crippen LogP contribution in [0.4, 0.5) is 0 Å². The van der Waals surface area contributed by atoms with E-state index < -0.39 is 12.1 Å². The molecule has 8 heteroatoms. The number of nitrogens with zero attached hydrogens (tertiary/aromatic N) is 2. The lowest BCUT2D eigenvalue weighted by Crippen LogP contribution is -2.17. The number of aromatic carboxylic acids is 1. The first-order chi connectivity index (χ1) is 10.0. The van der Waals surface area contributed by atoms with Crippen LogP contribution in [0.3, 0.4) is 0 Å². The summed E-state index contributed by atoms with van der Waals surface area (Å²) >= 11 is 2.52. The molecule has 0 aliphatic heterocycles.